The summed E-state index contributed by atoms with van der Waals surface area (Å²) >= 11 is 4.69. The first kappa shape index (κ1) is 13.0. The molecule has 2 aromatic rings. The third-order valence-corrected chi connectivity index (χ3v) is 3.58. The van der Waals surface area contributed by atoms with Crippen molar-refractivity contribution in [1.82, 2.24) is 19.9 Å². The van der Waals surface area contributed by atoms with Crippen LogP contribution in [-0.4, -0.2) is 26.5 Å². The molecule has 8 heteroatoms. The van der Waals surface area contributed by atoms with Crippen LogP contribution in [0.3, 0.4) is 0 Å². The van der Waals surface area contributed by atoms with Crippen molar-refractivity contribution in [3.05, 3.63) is 22.8 Å². The van der Waals surface area contributed by atoms with Crippen LogP contribution in [0.5, 0.6) is 6.01 Å². The molecule has 2 rings (SSSR count). The van der Waals surface area contributed by atoms with Crippen LogP contribution >= 0.6 is 27.7 Å². The van der Waals surface area contributed by atoms with E-state index in [2.05, 4.69) is 35.9 Å². The summed E-state index contributed by atoms with van der Waals surface area (Å²) in [6.07, 6.45) is 1.70. The molecule has 2 aromatic heterocycles. The Morgan fingerprint density at radius 3 is 2.94 bits per heavy atom. The Morgan fingerprint density at radius 1 is 1.39 bits per heavy atom. The molecule has 0 unspecified atom stereocenters. The molecule has 0 saturated heterocycles. The second-order valence-corrected chi connectivity index (χ2v) is 4.89. The van der Waals surface area contributed by atoms with Gasteiger partial charge in [-0.05, 0) is 46.7 Å². The Labute approximate surface area is 117 Å². The molecule has 0 atom stereocenters. The third-order valence-electron chi connectivity index (χ3n) is 1.80. The normalized spacial score (nSPS) is 10.3. The zero-order valence-electron chi connectivity index (χ0n) is 9.50. The van der Waals surface area contributed by atoms with Gasteiger partial charge in [-0.25, -0.2) is 4.98 Å². The molecule has 0 bridgehead atoms. The number of anilines is 1. The van der Waals surface area contributed by atoms with E-state index >= 15 is 0 Å². The van der Waals surface area contributed by atoms with Gasteiger partial charge in [0.05, 0.1) is 11.1 Å². The Morgan fingerprint density at radius 2 is 2.22 bits per heavy atom. The van der Waals surface area contributed by atoms with Crippen molar-refractivity contribution < 1.29 is 4.74 Å². The van der Waals surface area contributed by atoms with Gasteiger partial charge in [0.1, 0.15) is 5.03 Å². The highest BCUT2D eigenvalue weighted by atomic mass is 79.9. The highest BCUT2D eigenvalue weighted by molar-refractivity contribution is 9.10. The SMILES string of the molecule is CCOc1nc(N)nc(Sc2ncccc2Br)n1. The lowest BCUT2D eigenvalue weighted by Crippen LogP contribution is -2.04. The average molecular weight is 328 g/mol. The van der Waals surface area contributed by atoms with Crippen LogP contribution in [0.15, 0.2) is 33.0 Å². The zero-order valence-corrected chi connectivity index (χ0v) is 11.9. The predicted octanol–water partition coefficient (Wildman–Crippen LogP) is 2.16. The standard InChI is InChI=1S/C10H10BrN5OS/c1-2-17-9-14-8(12)15-10(16-9)18-7-6(11)4-3-5-13-7/h3-5H,2H2,1H3,(H2,12,14,15,16). The van der Waals surface area contributed by atoms with E-state index in [1.807, 2.05) is 19.1 Å². The lowest BCUT2D eigenvalue weighted by Gasteiger charge is -2.05. The number of nitrogens with two attached hydrogens (primary N) is 1. The highest BCUT2D eigenvalue weighted by Crippen LogP contribution is 2.29. The van der Waals surface area contributed by atoms with Crippen molar-refractivity contribution in [2.75, 3.05) is 12.3 Å². The maximum atomic E-state index is 5.59. The van der Waals surface area contributed by atoms with Crippen LogP contribution in [0.25, 0.3) is 0 Å². The Hall–Kier alpha value is -1.41. The Balaban J connectivity index is 2.26. The van der Waals surface area contributed by atoms with Crippen molar-refractivity contribution >= 4 is 33.6 Å². The van der Waals surface area contributed by atoms with E-state index < -0.39 is 0 Å². The Kier molecular flexibility index (Phi) is 4.32. The van der Waals surface area contributed by atoms with Crippen LogP contribution in [0.2, 0.25) is 0 Å². The van der Waals surface area contributed by atoms with Gasteiger partial charge in [0.2, 0.25) is 11.1 Å². The maximum absolute atomic E-state index is 5.59. The first-order chi connectivity index (χ1) is 8.69. The van der Waals surface area contributed by atoms with Gasteiger partial charge in [-0.2, -0.15) is 15.0 Å². The fraction of sp³-hybridized carbons (Fsp3) is 0.200. The minimum atomic E-state index is 0.128. The number of rotatable bonds is 4. The summed E-state index contributed by atoms with van der Waals surface area (Å²) in [5, 5.41) is 1.20. The average Bonchev–Trinajstić information content (AvgIpc) is 2.32. The molecule has 0 fully saturated rings. The molecule has 0 saturated carbocycles. The molecule has 0 aliphatic carbocycles. The lowest BCUT2D eigenvalue weighted by atomic mass is 10.5. The molecular formula is C10H10BrN5OS. The molecule has 0 spiro atoms. The van der Waals surface area contributed by atoms with Gasteiger partial charge in [0.25, 0.3) is 0 Å². The number of aromatic nitrogens is 4. The quantitative estimate of drug-likeness (QED) is 0.920. The van der Waals surface area contributed by atoms with E-state index in [-0.39, 0.29) is 12.0 Å². The Bertz CT molecular complexity index is 554. The number of nitrogens with zero attached hydrogens (tertiary/aromatic N) is 4. The number of nitrogen functional groups attached to an aromatic ring is 1. The first-order valence-electron chi connectivity index (χ1n) is 5.11. The van der Waals surface area contributed by atoms with Gasteiger partial charge in [0, 0.05) is 6.20 Å². The van der Waals surface area contributed by atoms with E-state index in [0.717, 1.165) is 9.50 Å². The predicted molar refractivity (Wildman–Crippen MR) is 71.5 cm³/mol. The number of hydrogen-bond acceptors (Lipinski definition) is 7. The molecule has 0 aliphatic heterocycles. The largest absolute Gasteiger partial charge is 0.464 e. The van der Waals surface area contributed by atoms with Crippen LogP contribution in [-0.2, 0) is 0 Å². The highest BCUT2D eigenvalue weighted by Gasteiger charge is 2.09. The zero-order chi connectivity index (χ0) is 13.0. The molecule has 0 amide bonds. The van der Waals surface area contributed by atoms with E-state index in [1.54, 1.807) is 6.20 Å². The number of pyridine rings is 1. The van der Waals surface area contributed by atoms with Crippen LogP contribution in [0.1, 0.15) is 6.92 Å². The van der Waals surface area contributed by atoms with Crippen LogP contribution in [0.4, 0.5) is 5.95 Å². The minimum Gasteiger partial charge on any atom is -0.464 e. The summed E-state index contributed by atoms with van der Waals surface area (Å²) in [5.74, 6) is 0.128. The minimum absolute atomic E-state index is 0.128. The van der Waals surface area contributed by atoms with E-state index in [4.69, 9.17) is 10.5 Å². The number of ether oxygens (including phenoxy) is 1. The summed E-state index contributed by atoms with van der Waals surface area (Å²) < 4.78 is 6.08. The molecule has 2 N–H and O–H groups in total. The second kappa shape index (κ2) is 5.96. The number of hydrogen-bond donors (Lipinski definition) is 1. The van der Waals surface area contributed by atoms with Gasteiger partial charge >= 0.3 is 6.01 Å². The van der Waals surface area contributed by atoms with Gasteiger partial charge < -0.3 is 10.5 Å². The van der Waals surface area contributed by atoms with Gasteiger partial charge in [-0.1, -0.05) is 0 Å². The van der Waals surface area contributed by atoms with Crippen molar-refractivity contribution in [2.45, 2.75) is 17.1 Å². The molecule has 0 aliphatic rings. The summed E-state index contributed by atoms with van der Waals surface area (Å²) in [7, 11) is 0. The molecule has 94 valence electrons. The topological polar surface area (TPSA) is 86.8 Å². The lowest BCUT2D eigenvalue weighted by molar-refractivity contribution is 0.308. The van der Waals surface area contributed by atoms with Crippen LogP contribution < -0.4 is 10.5 Å². The monoisotopic (exact) mass is 327 g/mol. The van der Waals surface area contributed by atoms with E-state index in [0.29, 0.717) is 11.8 Å². The maximum Gasteiger partial charge on any atom is 0.322 e. The summed E-state index contributed by atoms with van der Waals surface area (Å²) in [6.45, 7) is 2.32. The van der Waals surface area contributed by atoms with Crippen molar-refractivity contribution in [3.63, 3.8) is 0 Å². The smallest absolute Gasteiger partial charge is 0.322 e. The fourth-order valence-corrected chi connectivity index (χ4v) is 2.34. The molecular weight excluding hydrogens is 318 g/mol. The van der Waals surface area contributed by atoms with E-state index in [1.165, 1.54) is 11.8 Å². The molecule has 0 radical (unpaired) electrons. The van der Waals surface area contributed by atoms with E-state index in [9.17, 15) is 0 Å². The van der Waals surface area contributed by atoms with Gasteiger partial charge in [-0.3, -0.25) is 0 Å². The third kappa shape index (κ3) is 3.30. The number of halogens is 1. The van der Waals surface area contributed by atoms with Gasteiger partial charge in [0.15, 0.2) is 0 Å². The van der Waals surface area contributed by atoms with Crippen molar-refractivity contribution in [1.29, 1.82) is 0 Å². The molecule has 18 heavy (non-hydrogen) atoms. The molecule has 2 heterocycles. The summed E-state index contributed by atoms with van der Waals surface area (Å²) in [6, 6.07) is 3.95. The summed E-state index contributed by atoms with van der Waals surface area (Å²) in [4.78, 5) is 16.3. The van der Waals surface area contributed by atoms with Crippen LogP contribution in [0, 0.1) is 0 Å². The van der Waals surface area contributed by atoms with Crippen molar-refractivity contribution in [3.8, 4) is 6.01 Å². The van der Waals surface area contributed by atoms with Gasteiger partial charge in [-0.15, -0.1) is 0 Å². The van der Waals surface area contributed by atoms with Crippen molar-refractivity contribution in [2.24, 2.45) is 0 Å². The molecule has 0 aromatic carbocycles. The fourth-order valence-electron chi connectivity index (χ4n) is 1.12. The molecule has 6 nitrogen and oxygen atoms in total. The summed E-state index contributed by atoms with van der Waals surface area (Å²) in [5.41, 5.74) is 5.59. The first-order valence-corrected chi connectivity index (χ1v) is 6.72. The second-order valence-electron chi connectivity index (χ2n) is 3.08.